The van der Waals surface area contributed by atoms with Crippen LogP contribution >= 0.6 is 34.8 Å². The molecule has 0 aliphatic carbocycles. The number of rotatable bonds is 2. The summed E-state index contributed by atoms with van der Waals surface area (Å²) in [5, 5.41) is -0.154. The third-order valence-electron chi connectivity index (χ3n) is 1.84. The van der Waals surface area contributed by atoms with E-state index in [1.54, 1.807) is 13.8 Å². The van der Waals surface area contributed by atoms with Gasteiger partial charge in [-0.25, -0.2) is 4.79 Å². The standard InChI is InChI=1S/C8H9Cl3N2O2/c1-3(2)13-7(14)4(9)5(6(10)11)12-8(13)15/h3,6H,1-2H3,(H,12,15). The van der Waals surface area contributed by atoms with Crippen LogP contribution in [0.3, 0.4) is 0 Å². The molecule has 0 aliphatic rings. The number of aromatic nitrogens is 2. The van der Waals surface area contributed by atoms with Crippen LogP contribution < -0.4 is 11.2 Å². The summed E-state index contributed by atoms with van der Waals surface area (Å²) in [6, 6.07) is -0.281. The Hall–Kier alpha value is -0.450. The minimum Gasteiger partial charge on any atom is -0.307 e. The SMILES string of the molecule is CC(C)n1c(=O)[nH]c(C(Cl)Cl)c(Cl)c1=O. The molecule has 0 spiro atoms. The normalized spacial score (nSPS) is 11.4. The van der Waals surface area contributed by atoms with Gasteiger partial charge in [0.05, 0.1) is 5.69 Å². The molecule has 1 aromatic heterocycles. The van der Waals surface area contributed by atoms with Crippen molar-refractivity contribution >= 4 is 34.8 Å². The molecule has 0 aromatic carbocycles. The average molecular weight is 272 g/mol. The van der Waals surface area contributed by atoms with Crippen molar-refractivity contribution in [3.8, 4) is 0 Å². The lowest BCUT2D eigenvalue weighted by molar-refractivity contribution is 0.543. The van der Waals surface area contributed by atoms with E-state index < -0.39 is 16.1 Å². The van der Waals surface area contributed by atoms with Crippen molar-refractivity contribution in [2.24, 2.45) is 0 Å². The summed E-state index contributed by atoms with van der Waals surface area (Å²) in [5.74, 6) is 0. The Labute approximate surface area is 101 Å². The van der Waals surface area contributed by atoms with Crippen LogP contribution in [-0.4, -0.2) is 9.55 Å². The van der Waals surface area contributed by atoms with E-state index in [4.69, 9.17) is 34.8 Å². The molecule has 0 fully saturated rings. The van der Waals surface area contributed by atoms with E-state index in [1.807, 2.05) is 0 Å². The highest BCUT2D eigenvalue weighted by molar-refractivity contribution is 6.45. The molecule has 15 heavy (non-hydrogen) atoms. The monoisotopic (exact) mass is 270 g/mol. The van der Waals surface area contributed by atoms with E-state index in [-0.39, 0.29) is 16.8 Å². The predicted octanol–water partition coefficient (Wildman–Crippen LogP) is 2.25. The summed E-state index contributed by atoms with van der Waals surface area (Å²) < 4.78 is 1.00. The third-order valence-corrected chi connectivity index (χ3v) is 2.64. The maximum atomic E-state index is 11.7. The first-order valence-electron chi connectivity index (χ1n) is 4.18. The number of hydrogen-bond donors (Lipinski definition) is 1. The summed E-state index contributed by atoms with van der Waals surface area (Å²) in [6.45, 7) is 3.40. The molecule has 0 bridgehead atoms. The van der Waals surface area contributed by atoms with Gasteiger partial charge in [0.1, 0.15) is 9.86 Å². The molecular weight excluding hydrogens is 262 g/mol. The van der Waals surface area contributed by atoms with E-state index in [0.717, 1.165) is 4.57 Å². The van der Waals surface area contributed by atoms with Gasteiger partial charge in [0.25, 0.3) is 5.56 Å². The minimum atomic E-state index is -1.03. The third kappa shape index (κ3) is 2.38. The Morgan fingerprint density at radius 2 is 1.80 bits per heavy atom. The van der Waals surface area contributed by atoms with Gasteiger partial charge < -0.3 is 4.98 Å². The second-order valence-electron chi connectivity index (χ2n) is 3.23. The molecule has 1 N–H and O–H groups in total. The van der Waals surface area contributed by atoms with Gasteiger partial charge in [-0.05, 0) is 13.8 Å². The van der Waals surface area contributed by atoms with Crippen molar-refractivity contribution in [3.63, 3.8) is 0 Å². The number of nitrogens with zero attached hydrogens (tertiary/aromatic N) is 1. The van der Waals surface area contributed by atoms with Crippen molar-refractivity contribution < 1.29 is 0 Å². The Morgan fingerprint density at radius 1 is 1.27 bits per heavy atom. The summed E-state index contributed by atoms with van der Waals surface area (Å²) in [5.41, 5.74) is -1.12. The number of nitrogens with one attached hydrogen (secondary N) is 1. The van der Waals surface area contributed by atoms with Gasteiger partial charge in [-0.1, -0.05) is 34.8 Å². The summed E-state index contributed by atoms with van der Waals surface area (Å²) in [4.78, 5) is 24.5. The first-order chi connectivity index (χ1) is 6.86. The number of aromatic amines is 1. The van der Waals surface area contributed by atoms with Crippen molar-refractivity contribution in [3.05, 3.63) is 31.6 Å². The number of halogens is 3. The average Bonchev–Trinajstić information content (AvgIpc) is 2.10. The Bertz CT molecular complexity index is 476. The molecule has 7 heteroatoms. The fourth-order valence-corrected chi connectivity index (χ4v) is 1.85. The van der Waals surface area contributed by atoms with E-state index >= 15 is 0 Å². The summed E-state index contributed by atoms with van der Waals surface area (Å²) in [7, 11) is 0. The molecule has 0 atom stereocenters. The van der Waals surface area contributed by atoms with E-state index in [9.17, 15) is 9.59 Å². The van der Waals surface area contributed by atoms with E-state index in [2.05, 4.69) is 4.98 Å². The number of alkyl halides is 2. The van der Waals surface area contributed by atoms with Gasteiger partial charge in [0, 0.05) is 6.04 Å². The zero-order chi connectivity index (χ0) is 11.7. The smallest absolute Gasteiger partial charge is 0.307 e. The van der Waals surface area contributed by atoms with Crippen molar-refractivity contribution in [2.45, 2.75) is 24.7 Å². The predicted molar refractivity (Wildman–Crippen MR) is 61.2 cm³/mol. The van der Waals surface area contributed by atoms with Crippen molar-refractivity contribution in [1.82, 2.24) is 9.55 Å². The largest absolute Gasteiger partial charge is 0.328 e. The molecule has 1 rings (SSSR count). The fourth-order valence-electron chi connectivity index (χ4n) is 1.16. The highest BCUT2D eigenvalue weighted by Crippen LogP contribution is 2.25. The zero-order valence-corrected chi connectivity index (χ0v) is 10.3. The topological polar surface area (TPSA) is 54.9 Å². The summed E-state index contributed by atoms with van der Waals surface area (Å²) >= 11 is 16.8. The van der Waals surface area contributed by atoms with Crippen LogP contribution in [-0.2, 0) is 0 Å². The maximum Gasteiger partial charge on any atom is 0.328 e. The van der Waals surface area contributed by atoms with Crippen LogP contribution in [0.2, 0.25) is 5.02 Å². The zero-order valence-electron chi connectivity index (χ0n) is 8.05. The van der Waals surface area contributed by atoms with Crippen LogP contribution in [0.4, 0.5) is 0 Å². The molecule has 1 aromatic rings. The van der Waals surface area contributed by atoms with Gasteiger partial charge in [-0.3, -0.25) is 9.36 Å². The van der Waals surface area contributed by atoms with Gasteiger partial charge in [0.15, 0.2) is 0 Å². The highest BCUT2D eigenvalue weighted by Gasteiger charge is 2.17. The van der Waals surface area contributed by atoms with Crippen LogP contribution in [0.5, 0.6) is 0 Å². The van der Waals surface area contributed by atoms with Crippen molar-refractivity contribution in [2.75, 3.05) is 0 Å². The number of hydrogen-bond acceptors (Lipinski definition) is 2. The van der Waals surface area contributed by atoms with Crippen LogP contribution in [0.1, 0.15) is 30.4 Å². The number of H-pyrrole nitrogens is 1. The quantitative estimate of drug-likeness (QED) is 0.839. The Kier molecular flexibility index (Phi) is 3.87. The van der Waals surface area contributed by atoms with Gasteiger partial charge in [0.2, 0.25) is 0 Å². The molecule has 0 saturated carbocycles. The first-order valence-corrected chi connectivity index (χ1v) is 5.43. The molecule has 0 aliphatic heterocycles. The van der Waals surface area contributed by atoms with Gasteiger partial charge in [-0.2, -0.15) is 0 Å². The van der Waals surface area contributed by atoms with Crippen LogP contribution in [0.25, 0.3) is 0 Å². The molecule has 84 valence electrons. The van der Waals surface area contributed by atoms with E-state index in [0.29, 0.717) is 0 Å². The lowest BCUT2D eigenvalue weighted by atomic mass is 10.3. The first kappa shape index (κ1) is 12.6. The minimum absolute atomic E-state index is 0.0342. The maximum absolute atomic E-state index is 11.7. The molecule has 0 radical (unpaired) electrons. The summed E-state index contributed by atoms with van der Waals surface area (Å²) in [6.07, 6.45) is 0. The van der Waals surface area contributed by atoms with Gasteiger partial charge >= 0.3 is 5.69 Å². The van der Waals surface area contributed by atoms with E-state index in [1.165, 1.54) is 0 Å². The van der Waals surface area contributed by atoms with Crippen LogP contribution in [0.15, 0.2) is 9.59 Å². The molecular formula is C8H9Cl3N2O2. The Balaban J connectivity index is 3.60. The molecule has 0 amide bonds. The second-order valence-corrected chi connectivity index (χ2v) is 4.70. The molecule has 4 nitrogen and oxygen atoms in total. The molecule has 1 heterocycles. The second kappa shape index (κ2) is 4.60. The molecule has 0 unspecified atom stereocenters. The van der Waals surface area contributed by atoms with Crippen molar-refractivity contribution in [1.29, 1.82) is 0 Å². The Morgan fingerprint density at radius 3 is 2.20 bits per heavy atom. The van der Waals surface area contributed by atoms with Gasteiger partial charge in [-0.15, -0.1) is 0 Å². The lowest BCUT2D eigenvalue weighted by Crippen LogP contribution is -2.37. The highest BCUT2D eigenvalue weighted by atomic mass is 35.5. The lowest BCUT2D eigenvalue weighted by Gasteiger charge is -2.11. The fraction of sp³-hybridized carbons (Fsp3) is 0.500. The molecule has 0 saturated heterocycles. The van der Waals surface area contributed by atoms with Crippen LogP contribution in [0, 0.1) is 0 Å².